The number of methoxy groups -OCH3 is 1. The molecule has 0 bridgehead atoms. The molecule has 3 nitrogen and oxygen atoms in total. The maximum absolute atomic E-state index is 11.1. The van der Waals surface area contributed by atoms with Crippen LogP contribution in [-0.4, -0.2) is 25.3 Å². The van der Waals surface area contributed by atoms with Gasteiger partial charge in [0.25, 0.3) is 0 Å². The highest BCUT2D eigenvalue weighted by atomic mass is 16.5. The Balaban J connectivity index is 2.46. The Hall–Kier alpha value is -0.830. The van der Waals surface area contributed by atoms with E-state index in [4.69, 9.17) is 4.74 Å². The second-order valence-corrected chi connectivity index (χ2v) is 4.08. The Kier molecular flexibility index (Phi) is 4.82. The van der Waals surface area contributed by atoms with Gasteiger partial charge < -0.3 is 9.47 Å². The topological polar surface area (TPSA) is 35.5 Å². The predicted octanol–water partition coefficient (Wildman–Crippen LogP) is 2.31. The molecule has 0 saturated carbocycles. The van der Waals surface area contributed by atoms with Crippen molar-refractivity contribution in [1.29, 1.82) is 0 Å². The molecule has 0 N–H and O–H groups in total. The average Bonchev–Trinajstić information content (AvgIpc) is 2.23. The fraction of sp³-hybridized carbons (Fsp3) is 0.750. The Morgan fingerprint density at radius 3 is 2.87 bits per heavy atom. The zero-order valence-corrected chi connectivity index (χ0v) is 9.73. The first-order chi connectivity index (χ1) is 7.17. The fourth-order valence-corrected chi connectivity index (χ4v) is 1.88. The highest BCUT2D eigenvalue weighted by Crippen LogP contribution is 2.27. The molecule has 3 atom stereocenters. The second-order valence-electron chi connectivity index (χ2n) is 4.08. The van der Waals surface area contributed by atoms with Crippen LogP contribution >= 0.6 is 0 Å². The van der Waals surface area contributed by atoms with E-state index in [1.165, 1.54) is 7.11 Å². The maximum atomic E-state index is 11.1. The van der Waals surface area contributed by atoms with Gasteiger partial charge in [0.05, 0.1) is 25.7 Å². The third kappa shape index (κ3) is 3.67. The van der Waals surface area contributed by atoms with E-state index in [1.54, 1.807) is 0 Å². The summed E-state index contributed by atoms with van der Waals surface area (Å²) < 4.78 is 10.5. The van der Waals surface area contributed by atoms with Gasteiger partial charge in [-0.1, -0.05) is 19.1 Å². The zero-order valence-electron chi connectivity index (χ0n) is 9.73. The number of hydrogen-bond donors (Lipinski definition) is 0. The molecular weight excluding hydrogens is 192 g/mol. The van der Waals surface area contributed by atoms with Crippen molar-refractivity contribution in [3.63, 3.8) is 0 Å². The second kappa shape index (κ2) is 5.91. The maximum Gasteiger partial charge on any atom is 0.308 e. The van der Waals surface area contributed by atoms with Crippen LogP contribution in [0.25, 0.3) is 0 Å². The van der Waals surface area contributed by atoms with Gasteiger partial charge in [-0.05, 0) is 25.7 Å². The van der Waals surface area contributed by atoms with Gasteiger partial charge in [0, 0.05) is 0 Å². The first-order valence-electron chi connectivity index (χ1n) is 5.52. The highest BCUT2D eigenvalue weighted by Gasteiger charge is 2.27. The summed E-state index contributed by atoms with van der Waals surface area (Å²) in [5.74, 6) is 0.351. The lowest BCUT2D eigenvalue weighted by molar-refractivity contribution is -0.147. The molecule has 0 aromatic rings. The summed E-state index contributed by atoms with van der Waals surface area (Å²) >= 11 is 0. The summed E-state index contributed by atoms with van der Waals surface area (Å²) in [6, 6.07) is 0. The van der Waals surface area contributed by atoms with Gasteiger partial charge in [0.15, 0.2) is 0 Å². The van der Waals surface area contributed by atoms with Crippen LogP contribution in [-0.2, 0) is 14.3 Å². The van der Waals surface area contributed by atoms with E-state index in [1.807, 2.05) is 13.0 Å². The lowest BCUT2D eigenvalue weighted by Gasteiger charge is -2.32. The lowest BCUT2D eigenvalue weighted by atomic mass is 9.92. The molecular formula is C12H20O3. The Bertz CT molecular complexity index is 235. The van der Waals surface area contributed by atoms with E-state index in [-0.39, 0.29) is 18.2 Å². The molecule has 0 aromatic heterocycles. The van der Waals surface area contributed by atoms with Crippen LogP contribution in [0.4, 0.5) is 0 Å². The number of ether oxygens (including phenoxy) is 2. The lowest BCUT2D eigenvalue weighted by Crippen LogP contribution is -2.33. The van der Waals surface area contributed by atoms with E-state index < -0.39 is 0 Å². The number of hydrogen-bond acceptors (Lipinski definition) is 3. The van der Waals surface area contributed by atoms with Gasteiger partial charge in [0.1, 0.15) is 0 Å². The molecule has 0 amide bonds. The molecule has 0 radical (unpaired) electrons. The van der Waals surface area contributed by atoms with Crippen LogP contribution in [0.5, 0.6) is 0 Å². The van der Waals surface area contributed by atoms with Crippen molar-refractivity contribution in [2.24, 2.45) is 5.92 Å². The average molecular weight is 212 g/mol. The van der Waals surface area contributed by atoms with E-state index in [0.717, 1.165) is 12.8 Å². The molecule has 1 aliphatic heterocycles. The highest BCUT2D eigenvalue weighted by molar-refractivity contribution is 5.69. The summed E-state index contributed by atoms with van der Waals surface area (Å²) in [5.41, 5.74) is 0. The van der Waals surface area contributed by atoms with Crippen LogP contribution in [0, 0.1) is 5.92 Å². The van der Waals surface area contributed by atoms with E-state index in [2.05, 4.69) is 17.7 Å². The van der Waals surface area contributed by atoms with Crippen molar-refractivity contribution in [2.45, 2.75) is 45.3 Å². The molecule has 1 rings (SSSR count). The van der Waals surface area contributed by atoms with Gasteiger partial charge in [-0.2, -0.15) is 0 Å². The van der Waals surface area contributed by atoms with Crippen LogP contribution < -0.4 is 0 Å². The minimum absolute atomic E-state index is 0.0230. The molecule has 0 aromatic carbocycles. The van der Waals surface area contributed by atoms with Gasteiger partial charge >= 0.3 is 5.97 Å². The van der Waals surface area contributed by atoms with Crippen molar-refractivity contribution in [3.8, 4) is 0 Å². The molecule has 1 fully saturated rings. The largest absolute Gasteiger partial charge is 0.469 e. The fourth-order valence-electron chi connectivity index (χ4n) is 1.88. The van der Waals surface area contributed by atoms with Crippen molar-refractivity contribution >= 4 is 5.97 Å². The number of allylic oxidation sites excluding steroid dienone is 1. The monoisotopic (exact) mass is 212 g/mol. The summed E-state index contributed by atoms with van der Waals surface area (Å²) in [7, 11) is 1.41. The van der Waals surface area contributed by atoms with Gasteiger partial charge in [-0.25, -0.2) is 0 Å². The Labute approximate surface area is 91.4 Å². The van der Waals surface area contributed by atoms with E-state index in [9.17, 15) is 4.79 Å². The van der Waals surface area contributed by atoms with Crippen molar-refractivity contribution in [3.05, 3.63) is 12.2 Å². The first kappa shape index (κ1) is 12.2. The van der Waals surface area contributed by atoms with E-state index >= 15 is 0 Å². The van der Waals surface area contributed by atoms with Crippen molar-refractivity contribution in [1.82, 2.24) is 0 Å². The summed E-state index contributed by atoms with van der Waals surface area (Å²) in [5, 5.41) is 0. The molecule has 1 aliphatic rings. The summed E-state index contributed by atoms with van der Waals surface area (Å²) in [6.07, 6.45) is 6.67. The Morgan fingerprint density at radius 2 is 2.27 bits per heavy atom. The molecule has 3 heteroatoms. The molecule has 1 heterocycles. The number of carbonyl (C=O) groups is 1. The van der Waals surface area contributed by atoms with Crippen LogP contribution in [0.15, 0.2) is 12.2 Å². The quantitative estimate of drug-likeness (QED) is 0.532. The molecule has 15 heavy (non-hydrogen) atoms. The van der Waals surface area contributed by atoms with Gasteiger partial charge in [-0.3, -0.25) is 4.79 Å². The van der Waals surface area contributed by atoms with Gasteiger partial charge in [0.2, 0.25) is 0 Å². The smallest absolute Gasteiger partial charge is 0.308 e. The normalized spacial score (nSPS) is 31.8. The number of carbonyl (C=O) groups excluding carboxylic acids is 1. The molecule has 86 valence electrons. The summed E-state index contributed by atoms with van der Waals surface area (Å²) in [4.78, 5) is 11.1. The predicted molar refractivity (Wildman–Crippen MR) is 58.5 cm³/mol. The summed E-state index contributed by atoms with van der Waals surface area (Å²) in [6.45, 7) is 4.17. The van der Waals surface area contributed by atoms with Crippen molar-refractivity contribution < 1.29 is 14.3 Å². The molecule has 0 unspecified atom stereocenters. The van der Waals surface area contributed by atoms with E-state index in [0.29, 0.717) is 12.3 Å². The Morgan fingerprint density at radius 1 is 1.53 bits per heavy atom. The van der Waals surface area contributed by atoms with Crippen molar-refractivity contribution in [2.75, 3.05) is 7.11 Å². The SMILES string of the molecule is C/C=C/[C@@H]1O[C@H](CC(=O)OC)CC[C@H]1C. The molecule has 0 spiro atoms. The number of esters is 1. The third-order valence-corrected chi connectivity index (χ3v) is 2.86. The third-order valence-electron chi connectivity index (χ3n) is 2.86. The minimum atomic E-state index is -0.186. The van der Waals surface area contributed by atoms with Crippen LogP contribution in [0.3, 0.4) is 0 Å². The molecule has 0 aliphatic carbocycles. The zero-order chi connectivity index (χ0) is 11.3. The minimum Gasteiger partial charge on any atom is -0.469 e. The van der Waals surface area contributed by atoms with Gasteiger partial charge in [-0.15, -0.1) is 0 Å². The van der Waals surface area contributed by atoms with Crippen LogP contribution in [0.1, 0.15) is 33.1 Å². The van der Waals surface area contributed by atoms with Crippen LogP contribution in [0.2, 0.25) is 0 Å². The number of rotatable bonds is 3. The standard InChI is InChI=1S/C12H20O3/c1-4-5-11-9(2)6-7-10(15-11)8-12(13)14-3/h4-5,9-11H,6-8H2,1-3H3/b5-4+/t9-,10+,11+/m1/s1. The first-order valence-corrected chi connectivity index (χ1v) is 5.52. The molecule has 1 saturated heterocycles.